The highest BCUT2D eigenvalue weighted by Gasteiger charge is 2.32. The molecule has 120 valence electrons. The van der Waals surface area contributed by atoms with Crippen LogP contribution in [0, 0.1) is 0 Å². The number of hydrogen-bond acceptors (Lipinski definition) is 5. The molecule has 0 spiro atoms. The average Bonchev–Trinajstić information content (AvgIpc) is 2.89. The molecule has 2 aliphatic rings. The molecule has 2 aromatic carbocycles. The van der Waals surface area contributed by atoms with Crippen LogP contribution in [0.4, 0.5) is 5.69 Å². The van der Waals surface area contributed by atoms with Crippen LogP contribution >= 0.6 is 0 Å². The standard InChI is InChI=1S/C17H12N2O5/c20-15-9-4-3-5-10(14(9)17(22)19-15)18-16(21)13-8-23-11-6-1-2-7-12(11)24-13/h1-7,13H,8H2,(H,18,21)(H,19,20,22)/t13-/m1/s1. The topological polar surface area (TPSA) is 93.7 Å². The van der Waals surface area contributed by atoms with Gasteiger partial charge in [0.1, 0.15) is 6.61 Å². The van der Waals surface area contributed by atoms with E-state index in [2.05, 4.69) is 10.6 Å². The van der Waals surface area contributed by atoms with Crippen LogP contribution in [0.3, 0.4) is 0 Å². The number of anilines is 1. The van der Waals surface area contributed by atoms with E-state index < -0.39 is 23.8 Å². The minimum Gasteiger partial charge on any atom is -0.485 e. The van der Waals surface area contributed by atoms with Gasteiger partial charge in [0.05, 0.1) is 16.8 Å². The van der Waals surface area contributed by atoms with Gasteiger partial charge in [-0.3, -0.25) is 19.7 Å². The van der Waals surface area contributed by atoms with Crippen LogP contribution in [0.5, 0.6) is 11.5 Å². The summed E-state index contributed by atoms with van der Waals surface area (Å²) in [4.78, 5) is 36.0. The molecule has 2 aromatic rings. The fourth-order valence-electron chi connectivity index (χ4n) is 2.69. The molecular weight excluding hydrogens is 312 g/mol. The summed E-state index contributed by atoms with van der Waals surface area (Å²) < 4.78 is 11.1. The van der Waals surface area contributed by atoms with Gasteiger partial charge < -0.3 is 14.8 Å². The molecule has 0 aromatic heterocycles. The zero-order chi connectivity index (χ0) is 16.7. The number of fused-ring (bicyclic) bond motifs is 2. The van der Waals surface area contributed by atoms with Crippen molar-refractivity contribution in [3.05, 3.63) is 53.6 Å². The van der Waals surface area contributed by atoms with Crippen LogP contribution < -0.4 is 20.1 Å². The second-order valence-corrected chi connectivity index (χ2v) is 5.36. The predicted octanol–water partition coefficient (Wildman–Crippen LogP) is 1.35. The third-order valence-electron chi connectivity index (χ3n) is 3.82. The van der Waals surface area contributed by atoms with Gasteiger partial charge in [-0.1, -0.05) is 18.2 Å². The van der Waals surface area contributed by atoms with Gasteiger partial charge in [0.25, 0.3) is 17.7 Å². The smallest absolute Gasteiger partial charge is 0.269 e. The number of benzene rings is 2. The number of nitrogens with one attached hydrogen (secondary N) is 2. The van der Waals surface area contributed by atoms with E-state index in [1.165, 1.54) is 6.07 Å². The van der Waals surface area contributed by atoms with Crippen molar-refractivity contribution in [3.63, 3.8) is 0 Å². The quantitative estimate of drug-likeness (QED) is 0.813. The first-order valence-corrected chi connectivity index (χ1v) is 7.31. The van der Waals surface area contributed by atoms with Crippen LogP contribution in [-0.4, -0.2) is 30.4 Å². The molecule has 0 fully saturated rings. The normalized spacial score (nSPS) is 17.9. The zero-order valence-electron chi connectivity index (χ0n) is 12.4. The molecule has 7 nitrogen and oxygen atoms in total. The third kappa shape index (κ3) is 2.26. The zero-order valence-corrected chi connectivity index (χ0v) is 12.4. The Hall–Kier alpha value is -3.35. The van der Waals surface area contributed by atoms with Crippen molar-refractivity contribution >= 4 is 23.4 Å². The number of hydrogen-bond donors (Lipinski definition) is 2. The highest BCUT2D eigenvalue weighted by Crippen LogP contribution is 2.31. The highest BCUT2D eigenvalue weighted by molar-refractivity contribution is 6.24. The number of rotatable bonds is 2. The maximum absolute atomic E-state index is 12.4. The molecule has 2 aliphatic heterocycles. The summed E-state index contributed by atoms with van der Waals surface area (Å²) in [5, 5.41) is 4.84. The maximum atomic E-state index is 12.4. The highest BCUT2D eigenvalue weighted by atomic mass is 16.6. The van der Waals surface area contributed by atoms with Crippen molar-refractivity contribution < 1.29 is 23.9 Å². The van der Waals surface area contributed by atoms with Gasteiger partial charge in [0.15, 0.2) is 11.5 Å². The largest absolute Gasteiger partial charge is 0.485 e. The van der Waals surface area contributed by atoms with E-state index in [1.807, 2.05) is 6.07 Å². The summed E-state index contributed by atoms with van der Waals surface area (Å²) in [7, 11) is 0. The summed E-state index contributed by atoms with van der Waals surface area (Å²) in [6, 6.07) is 11.7. The Morgan fingerprint density at radius 1 is 1.04 bits per heavy atom. The first-order chi connectivity index (χ1) is 11.6. The first kappa shape index (κ1) is 14.3. The lowest BCUT2D eigenvalue weighted by Crippen LogP contribution is -2.40. The molecule has 0 saturated heterocycles. The molecule has 3 amide bonds. The van der Waals surface area contributed by atoms with Gasteiger partial charge in [0.2, 0.25) is 6.10 Å². The lowest BCUT2D eigenvalue weighted by atomic mass is 10.1. The number of para-hydroxylation sites is 2. The third-order valence-corrected chi connectivity index (χ3v) is 3.82. The van der Waals surface area contributed by atoms with E-state index >= 15 is 0 Å². The molecule has 2 N–H and O–H groups in total. The summed E-state index contributed by atoms with van der Waals surface area (Å²) in [6.07, 6.45) is -0.851. The Morgan fingerprint density at radius 3 is 2.67 bits per heavy atom. The van der Waals surface area contributed by atoms with Gasteiger partial charge in [-0.25, -0.2) is 0 Å². The Kier molecular flexibility index (Phi) is 3.19. The van der Waals surface area contributed by atoms with Gasteiger partial charge >= 0.3 is 0 Å². The number of imide groups is 1. The maximum Gasteiger partial charge on any atom is 0.269 e. The fourth-order valence-corrected chi connectivity index (χ4v) is 2.69. The second kappa shape index (κ2) is 5.38. The lowest BCUT2D eigenvalue weighted by Gasteiger charge is -2.25. The fraction of sp³-hybridized carbons (Fsp3) is 0.118. The lowest BCUT2D eigenvalue weighted by molar-refractivity contribution is -0.125. The van der Waals surface area contributed by atoms with Crippen LogP contribution in [0.25, 0.3) is 0 Å². The average molecular weight is 324 g/mol. The molecule has 4 rings (SSSR count). The minimum atomic E-state index is -0.851. The van der Waals surface area contributed by atoms with E-state index in [-0.39, 0.29) is 23.4 Å². The molecule has 0 aliphatic carbocycles. The number of carbonyl (C=O) groups excluding carboxylic acids is 3. The molecule has 2 heterocycles. The van der Waals surface area contributed by atoms with Crippen LogP contribution in [-0.2, 0) is 4.79 Å². The predicted molar refractivity (Wildman–Crippen MR) is 83.2 cm³/mol. The van der Waals surface area contributed by atoms with Gasteiger partial charge in [-0.15, -0.1) is 0 Å². The molecule has 0 saturated carbocycles. The molecule has 0 bridgehead atoms. The van der Waals surface area contributed by atoms with Crippen molar-refractivity contribution in [2.24, 2.45) is 0 Å². The van der Waals surface area contributed by atoms with Crippen molar-refractivity contribution in [3.8, 4) is 11.5 Å². The van der Waals surface area contributed by atoms with Crippen LogP contribution in [0.1, 0.15) is 20.7 Å². The molecule has 1 atom stereocenters. The van der Waals surface area contributed by atoms with E-state index in [4.69, 9.17) is 9.47 Å². The van der Waals surface area contributed by atoms with Crippen molar-refractivity contribution in [1.29, 1.82) is 0 Å². The molecule has 24 heavy (non-hydrogen) atoms. The van der Waals surface area contributed by atoms with E-state index in [1.54, 1.807) is 30.3 Å². The summed E-state index contributed by atoms with van der Waals surface area (Å²) >= 11 is 0. The van der Waals surface area contributed by atoms with Crippen molar-refractivity contribution in [2.45, 2.75) is 6.10 Å². The molecule has 0 radical (unpaired) electrons. The van der Waals surface area contributed by atoms with E-state index in [9.17, 15) is 14.4 Å². The Labute approximate surface area is 136 Å². The van der Waals surface area contributed by atoms with Gasteiger partial charge in [-0.2, -0.15) is 0 Å². The number of carbonyl (C=O) groups is 3. The van der Waals surface area contributed by atoms with Crippen LogP contribution in [0.2, 0.25) is 0 Å². The SMILES string of the molecule is O=C1NC(=O)c2c(NC(=O)[C@H]3COc4ccccc4O3)cccc21. The second-order valence-electron chi connectivity index (χ2n) is 5.36. The summed E-state index contributed by atoms with van der Waals surface area (Å²) in [5.41, 5.74) is 0.667. The van der Waals surface area contributed by atoms with Crippen molar-refractivity contribution in [2.75, 3.05) is 11.9 Å². The van der Waals surface area contributed by atoms with Crippen molar-refractivity contribution in [1.82, 2.24) is 5.32 Å². The van der Waals surface area contributed by atoms with E-state index in [0.717, 1.165) is 0 Å². The van der Waals surface area contributed by atoms with E-state index in [0.29, 0.717) is 11.5 Å². The summed E-state index contributed by atoms with van der Waals surface area (Å²) in [5.74, 6) is -0.401. The molecular formula is C17H12N2O5. The Morgan fingerprint density at radius 2 is 1.83 bits per heavy atom. The molecule has 7 heteroatoms. The van der Waals surface area contributed by atoms with Crippen LogP contribution in [0.15, 0.2) is 42.5 Å². The summed E-state index contributed by atoms with van der Waals surface area (Å²) in [6.45, 7) is 0.0585. The Bertz CT molecular complexity index is 877. The number of ether oxygens (including phenoxy) is 2. The Balaban J connectivity index is 1.56. The monoisotopic (exact) mass is 324 g/mol. The number of amides is 3. The van der Waals surface area contributed by atoms with Gasteiger partial charge in [-0.05, 0) is 24.3 Å². The molecule has 0 unspecified atom stereocenters. The first-order valence-electron chi connectivity index (χ1n) is 7.31. The van der Waals surface area contributed by atoms with Gasteiger partial charge in [0, 0.05) is 0 Å². The minimum absolute atomic E-state index is 0.0585.